The fraction of sp³-hybridized carbons (Fsp3) is 0.300. The van der Waals surface area contributed by atoms with E-state index < -0.39 is 28.5 Å². The number of ether oxygens (including phenoxy) is 1. The van der Waals surface area contributed by atoms with Crippen molar-refractivity contribution >= 4 is 17.5 Å². The lowest BCUT2D eigenvalue weighted by molar-refractivity contribution is -0.120. The molecule has 0 bridgehead atoms. The normalized spacial score (nSPS) is 13.0. The summed E-state index contributed by atoms with van der Waals surface area (Å²) in [6, 6.07) is 6.78. The SMILES string of the molecule is CC(=O)NC(C)(C)c1nc(-c2cc3c(cn2)CCCCc2cc(OCc4ncc(F)cc4F)c(Cl)c(=O)n2-3)ccc1F. The van der Waals surface area contributed by atoms with Gasteiger partial charge in [0.1, 0.15) is 40.4 Å². The van der Waals surface area contributed by atoms with Crippen molar-refractivity contribution in [1.82, 2.24) is 24.8 Å². The first-order valence-corrected chi connectivity index (χ1v) is 13.6. The highest BCUT2D eigenvalue weighted by Gasteiger charge is 2.28. The summed E-state index contributed by atoms with van der Waals surface area (Å²) in [5.41, 5.74) is 0.992. The van der Waals surface area contributed by atoms with E-state index in [2.05, 4.69) is 20.3 Å². The number of nitrogens with one attached hydrogen (secondary N) is 1. The zero-order chi connectivity index (χ0) is 30.2. The third kappa shape index (κ3) is 5.87. The fourth-order valence-electron chi connectivity index (χ4n) is 5.02. The van der Waals surface area contributed by atoms with Crippen LogP contribution in [0.2, 0.25) is 5.02 Å². The molecule has 0 saturated carbocycles. The molecule has 0 atom stereocenters. The molecule has 1 aliphatic rings. The number of carbonyl (C=O) groups excluding carboxylic acids is 1. The van der Waals surface area contributed by atoms with E-state index in [1.807, 2.05) is 0 Å². The summed E-state index contributed by atoms with van der Waals surface area (Å²) >= 11 is 6.47. The van der Waals surface area contributed by atoms with Gasteiger partial charge in [-0.25, -0.2) is 18.2 Å². The highest BCUT2D eigenvalue weighted by Crippen LogP contribution is 2.31. The van der Waals surface area contributed by atoms with E-state index in [0.717, 1.165) is 24.6 Å². The van der Waals surface area contributed by atoms with Crippen molar-refractivity contribution in [3.8, 4) is 22.8 Å². The van der Waals surface area contributed by atoms with Crippen LogP contribution < -0.4 is 15.6 Å². The van der Waals surface area contributed by atoms with Gasteiger partial charge >= 0.3 is 0 Å². The summed E-state index contributed by atoms with van der Waals surface area (Å²) < 4.78 is 49.3. The maximum Gasteiger partial charge on any atom is 0.277 e. The maximum atomic E-state index is 14.8. The molecule has 42 heavy (non-hydrogen) atoms. The number of halogens is 4. The minimum Gasteiger partial charge on any atom is -0.485 e. The third-order valence-corrected chi connectivity index (χ3v) is 7.31. The lowest BCUT2D eigenvalue weighted by Gasteiger charge is -2.26. The summed E-state index contributed by atoms with van der Waals surface area (Å²) in [6.45, 7) is 4.28. The van der Waals surface area contributed by atoms with E-state index in [0.29, 0.717) is 41.7 Å². The van der Waals surface area contributed by atoms with Crippen LogP contribution in [0.1, 0.15) is 56.3 Å². The van der Waals surface area contributed by atoms with Crippen molar-refractivity contribution in [1.29, 1.82) is 0 Å². The van der Waals surface area contributed by atoms with Gasteiger partial charge in [0.25, 0.3) is 5.56 Å². The quantitative estimate of drug-likeness (QED) is 0.311. The van der Waals surface area contributed by atoms with Crippen LogP contribution in [0.15, 0.2) is 47.5 Å². The molecule has 5 heterocycles. The minimum absolute atomic E-state index is 0.0400. The van der Waals surface area contributed by atoms with Crippen molar-refractivity contribution in [3.63, 3.8) is 0 Å². The van der Waals surface area contributed by atoms with Gasteiger partial charge in [-0.05, 0) is 63.3 Å². The van der Waals surface area contributed by atoms with Gasteiger partial charge in [-0.1, -0.05) is 11.6 Å². The largest absolute Gasteiger partial charge is 0.485 e. The Labute approximate surface area is 244 Å². The molecule has 0 unspecified atom stereocenters. The standard InChI is InChI=1S/C30H27ClF3N5O3/c1-16(40)38-30(2,3)28-20(33)8-9-22(37-28)23-12-25-17(13-35-23)6-4-5-7-19-11-26(27(31)29(41)39(19)25)42-15-24-21(34)10-18(32)14-36-24/h8-14H,4-7,15H2,1-3H3,(H,38,40). The molecule has 1 aliphatic heterocycles. The van der Waals surface area contributed by atoms with Gasteiger partial charge in [0.05, 0.1) is 28.8 Å². The third-order valence-electron chi connectivity index (χ3n) is 6.96. The summed E-state index contributed by atoms with van der Waals surface area (Å²) in [7, 11) is 0. The van der Waals surface area contributed by atoms with E-state index in [1.165, 1.54) is 23.6 Å². The van der Waals surface area contributed by atoms with Crippen molar-refractivity contribution in [2.75, 3.05) is 0 Å². The Bertz CT molecular complexity index is 1760. The molecule has 0 spiro atoms. The number of aromatic nitrogens is 4. The zero-order valence-electron chi connectivity index (χ0n) is 23.1. The molecule has 5 rings (SSSR count). The van der Waals surface area contributed by atoms with Crippen LogP contribution in [0, 0.1) is 17.5 Å². The number of amides is 1. The molecule has 4 aromatic heterocycles. The molecule has 218 valence electrons. The molecule has 8 nitrogen and oxygen atoms in total. The van der Waals surface area contributed by atoms with Crippen molar-refractivity contribution < 1.29 is 22.7 Å². The lowest BCUT2D eigenvalue weighted by Crippen LogP contribution is -2.41. The number of carbonyl (C=O) groups is 1. The van der Waals surface area contributed by atoms with Crippen LogP contribution in [0.25, 0.3) is 17.1 Å². The highest BCUT2D eigenvalue weighted by atomic mass is 35.5. The molecule has 4 aromatic rings. The monoisotopic (exact) mass is 597 g/mol. The van der Waals surface area contributed by atoms with Crippen LogP contribution in [0.4, 0.5) is 13.2 Å². The number of fused-ring (bicyclic) bond motifs is 3. The summed E-state index contributed by atoms with van der Waals surface area (Å²) in [5.74, 6) is -2.55. The number of hydrogen-bond donors (Lipinski definition) is 1. The van der Waals surface area contributed by atoms with Gasteiger partial charge < -0.3 is 10.1 Å². The van der Waals surface area contributed by atoms with Gasteiger partial charge in [-0.3, -0.25) is 24.1 Å². The Kier molecular flexibility index (Phi) is 8.05. The number of aryl methyl sites for hydroxylation is 2. The second kappa shape index (κ2) is 11.6. The first-order valence-electron chi connectivity index (χ1n) is 13.3. The van der Waals surface area contributed by atoms with Crippen LogP contribution >= 0.6 is 11.6 Å². The van der Waals surface area contributed by atoms with E-state index in [-0.39, 0.29) is 34.7 Å². The first-order chi connectivity index (χ1) is 19.9. The van der Waals surface area contributed by atoms with Crippen molar-refractivity contribution in [2.24, 2.45) is 0 Å². The number of pyridine rings is 4. The minimum atomic E-state index is -1.09. The Morgan fingerprint density at radius 2 is 1.81 bits per heavy atom. The van der Waals surface area contributed by atoms with Crippen molar-refractivity contribution in [2.45, 2.75) is 58.6 Å². The predicted molar refractivity (Wildman–Crippen MR) is 150 cm³/mol. The van der Waals surface area contributed by atoms with E-state index in [1.54, 1.807) is 32.2 Å². The molecule has 1 amide bonds. The van der Waals surface area contributed by atoms with Crippen molar-refractivity contribution in [3.05, 3.63) is 98.2 Å². The van der Waals surface area contributed by atoms with E-state index in [9.17, 15) is 22.8 Å². The Hall–Kier alpha value is -4.25. The molecule has 1 N–H and O–H groups in total. The second-order valence-electron chi connectivity index (χ2n) is 10.6. The van der Waals surface area contributed by atoms with Gasteiger partial charge in [-0.15, -0.1) is 0 Å². The van der Waals surface area contributed by atoms with Crippen LogP contribution in [-0.4, -0.2) is 25.4 Å². The Morgan fingerprint density at radius 3 is 2.55 bits per heavy atom. The average molecular weight is 598 g/mol. The second-order valence-corrected chi connectivity index (χ2v) is 10.9. The van der Waals surface area contributed by atoms with Crippen LogP contribution in [-0.2, 0) is 29.8 Å². The molecule has 0 radical (unpaired) electrons. The summed E-state index contributed by atoms with van der Waals surface area (Å²) in [5, 5.41) is 2.49. The van der Waals surface area contributed by atoms with Crippen LogP contribution in [0.5, 0.6) is 5.75 Å². The van der Waals surface area contributed by atoms with E-state index >= 15 is 0 Å². The highest BCUT2D eigenvalue weighted by molar-refractivity contribution is 6.31. The molecule has 0 saturated heterocycles. The Morgan fingerprint density at radius 1 is 1.05 bits per heavy atom. The molecular weight excluding hydrogens is 571 g/mol. The lowest BCUT2D eigenvalue weighted by atomic mass is 9.98. The molecule has 12 heteroatoms. The average Bonchev–Trinajstić information content (AvgIpc) is 2.91. The van der Waals surface area contributed by atoms with E-state index in [4.69, 9.17) is 16.3 Å². The molecule has 0 aliphatic carbocycles. The predicted octanol–water partition coefficient (Wildman–Crippen LogP) is 5.59. The van der Waals surface area contributed by atoms with Gasteiger partial charge in [0, 0.05) is 30.9 Å². The molecule has 0 aromatic carbocycles. The topological polar surface area (TPSA) is 99.0 Å². The molecule has 0 fully saturated rings. The fourth-order valence-corrected chi connectivity index (χ4v) is 5.21. The Balaban J connectivity index is 1.56. The molecular formula is C30H27ClF3N5O3. The number of nitrogens with zero attached hydrogens (tertiary/aromatic N) is 4. The summed E-state index contributed by atoms with van der Waals surface area (Å²) in [6.07, 6.45) is 5.34. The maximum absolute atomic E-state index is 14.8. The van der Waals surface area contributed by atoms with Gasteiger partial charge in [-0.2, -0.15) is 0 Å². The number of hydrogen-bond acceptors (Lipinski definition) is 6. The first kappa shape index (κ1) is 29.2. The van der Waals surface area contributed by atoms with Gasteiger partial charge in [0.2, 0.25) is 5.91 Å². The number of rotatable bonds is 6. The van der Waals surface area contributed by atoms with Crippen LogP contribution in [0.3, 0.4) is 0 Å². The smallest absolute Gasteiger partial charge is 0.277 e. The zero-order valence-corrected chi connectivity index (χ0v) is 23.9. The van der Waals surface area contributed by atoms with Gasteiger partial charge in [0.15, 0.2) is 5.82 Å². The summed E-state index contributed by atoms with van der Waals surface area (Å²) in [4.78, 5) is 38.1.